The van der Waals surface area contributed by atoms with Crippen molar-refractivity contribution in [2.24, 2.45) is 0 Å². The molecule has 1 amide bonds. The number of rotatable bonds is 5. The third-order valence-corrected chi connectivity index (χ3v) is 5.81. The number of aryl methyl sites for hydroxylation is 1. The fourth-order valence-corrected chi connectivity index (χ4v) is 3.99. The average molecular weight is 365 g/mol. The molecule has 5 rings (SSSR count). The second-order valence-corrected chi connectivity index (χ2v) is 7.75. The molecule has 2 aromatic rings. The van der Waals surface area contributed by atoms with Gasteiger partial charge in [0.05, 0.1) is 32.5 Å². The molecule has 0 bridgehead atoms. The van der Waals surface area contributed by atoms with Gasteiger partial charge in [0.15, 0.2) is 0 Å². The summed E-state index contributed by atoms with van der Waals surface area (Å²) < 4.78 is 11.3. The van der Waals surface area contributed by atoms with E-state index in [-0.39, 0.29) is 11.5 Å². The lowest BCUT2D eigenvalue weighted by Gasteiger charge is -2.47. The topological polar surface area (TPSA) is 64.5 Å². The number of methoxy groups -OCH3 is 1. The van der Waals surface area contributed by atoms with E-state index in [9.17, 15) is 4.79 Å². The van der Waals surface area contributed by atoms with E-state index >= 15 is 0 Å². The van der Waals surface area contributed by atoms with Crippen LogP contribution in [0.1, 0.15) is 47.8 Å². The van der Waals surface area contributed by atoms with Gasteiger partial charge in [-0.1, -0.05) is 12.1 Å². The van der Waals surface area contributed by atoms with Gasteiger partial charge in [-0.3, -0.25) is 4.79 Å². The van der Waals surface area contributed by atoms with E-state index in [1.54, 1.807) is 7.11 Å². The van der Waals surface area contributed by atoms with Crippen molar-refractivity contribution in [3.05, 3.63) is 53.1 Å². The Morgan fingerprint density at radius 3 is 3.00 bits per heavy atom. The van der Waals surface area contributed by atoms with Crippen LogP contribution in [0.2, 0.25) is 0 Å². The lowest BCUT2D eigenvalue weighted by molar-refractivity contribution is -0.168. The zero-order valence-corrected chi connectivity index (χ0v) is 15.5. The lowest BCUT2D eigenvalue weighted by Crippen LogP contribution is -2.61. The van der Waals surface area contributed by atoms with Gasteiger partial charge in [0.25, 0.3) is 0 Å². The monoisotopic (exact) mass is 365 g/mol. The normalized spacial score (nSPS) is 19.7. The molecular weight excluding hydrogens is 342 g/mol. The second kappa shape index (κ2) is 6.30. The van der Waals surface area contributed by atoms with E-state index in [1.807, 2.05) is 35.4 Å². The van der Waals surface area contributed by atoms with Crippen molar-refractivity contribution in [1.29, 1.82) is 0 Å². The van der Waals surface area contributed by atoms with Crippen LogP contribution in [0.3, 0.4) is 0 Å². The molecule has 1 aromatic carbocycles. The van der Waals surface area contributed by atoms with Gasteiger partial charge < -0.3 is 14.4 Å². The van der Waals surface area contributed by atoms with Gasteiger partial charge in [-0.2, -0.15) is 0 Å². The van der Waals surface area contributed by atoms with Gasteiger partial charge in [-0.15, -0.1) is 0 Å². The lowest BCUT2D eigenvalue weighted by atomic mass is 9.87. The van der Waals surface area contributed by atoms with Crippen LogP contribution >= 0.6 is 0 Å². The standard InChI is InChI=1S/C21H23N3O3/c1-26-16-4-2-3-14(9-16)5-8-19(25)24-12-21(13-24)17-10-22-20(15-6-7-15)23-18(17)11-27-21/h2-4,9-10,15H,5-8,11-13H2,1H3. The minimum absolute atomic E-state index is 0.163. The van der Waals surface area contributed by atoms with Crippen molar-refractivity contribution in [2.45, 2.75) is 43.8 Å². The number of aromatic nitrogens is 2. The molecule has 0 N–H and O–H groups in total. The first kappa shape index (κ1) is 16.7. The van der Waals surface area contributed by atoms with Gasteiger partial charge in [-0.05, 0) is 37.0 Å². The molecule has 0 radical (unpaired) electrons. The van der Waals surface area contributed by atoms with Gasteiger partial charge in [0, 0.05) is 24.1 Å². The fraction of sp³-hybridized carbons (Fsp3) is 0.476. The number of hydrogen-bond donors (Lipinski definition) is 0. The largest absolute Gasteiger partial charge is 0.497 e. The van der Waals surface area contributed by atoms with Crippen LogP contribution in [-0.2, 0) is 28.2 Å². The average Bonchev–Trinajstić information content (AvgIpc) is 3.45. The highest BCUT2D eigenvalue weighted by Crippen LogP contribution is 2.44. The summed E-state index contributed by atoms with van der Waals surface area (Å²) in [6.07, 6.45) is 5.53. The number of likely N-dealkylation sites (tertiary alicyclic amines) is 1. The maximum atomic E-state index is 12.6. The zero-order chi connectivity index (χ0) is 18.4. The summed E-state index contributed by atoms with van der Waals surface area (Å²) in [5.41, 5.74) is 2.81. The molecule has 1 spiro atoms. The minimum atomic E-state index is -0.386. The number of nitrogens with zero attached hydrogens (tertiary/aromatic N) is 3. The van der Waals surface area contributed by atoms with Crippen molar-refractivity contribution in [2.75, 3.05) is 20.2 Å². The zero-order valence-electron chi connectivity index (χ0n) is 15.5. The quantitative estimate of drug-likeness (QED) is 0.815. The Bertz CT molecular complexity index is 888. The molecule has 0 unspecified atom stereocenters. The molecule has 1 saturated carbocycles. The molecule has 6 heteroatoms. The van der Waals surface area contributed by atoms with E-state index < -0.39 is 0 Å². The Kier molecular flexibility index (Phi) is 3.90. The Balaban J connectivity index is 1.20. The second-order valence-electron chi connectivity index (χ2n) is 7.75. The summed E-state index contributed by atoms with van der Waals surface area (Å²) in [7, 11) is 1.65. The van der Waals surface area contributed by atoms with Crippen molar-refractivity contribution >= 4 is 5.91 Å². The summed E-state index contributed by atoms with van der Waals surface area (Å²) >= 11 is 0. The molecule has 6 nitrogen and oxygen atoms in total. The van der Waals surface area contributed by atoms with Crippen LogP contribution < -0.4 is 4.74 Å². The van der Waals surface area contributed by atoms with Crippen LogP contribution in [0, 0.1) is 0 Å². The van der Waals surface area contributed by atoms with Crippen molar-refractivity contribution in [3.63, 3.8) is 0 Å². The van der Waals surface area contributed by atoms with Gasteiger partial charge >= 0.3 is 0 Å². The van der Waals surface area contributed by atoms with E-state index in [4.69, 9.17) is 14.5 Å². The summed E-state index contributed by atoms with van der Waals surface area (Å²) in [4.78, 5) is 23.7. The van der Waals surface area contributed by atoms with Crippen LogP contribution in [0.4, 0.5) is 0 Å². The van der Waals surface area contributed by atoms with Crippen LogP contribution in [-0.4, -0.2) is 41.0 Å². The maximum absolute atomic E-state index is 12.6. The molecule has 2 fully saturated rings. The molecule has 1 saturated heterocycles. The summed E-state index contributed by atoms with van der Waals surface area (Å²) in [6, 6.07) is 7.88. The molecule has 27 heavy (non-hydrogen) atoms. The third kappa shape index (κ3) is 2.98. The Morgan fingerprint density at radius 2 is 2.22 bits per heavy atom. The van der Waals surface area contributed by atoms with Crippen molar-refractivity contribution in [3.8, 4) is 5.75 Å². The van der Waals surface area contributed by atoms with E-state index in [0.717, 1.165) is 28.4 Å². The first-order chi connectivity index (χ1) is 13.2. The van der Waals surface area contributed by atoms with E-state index in [1.165, 1.54) is 12.8 Å². The molecule has 1 aliphatic carbocycles. The number of benzene rings is 1. The molecule has 2 aliphatic heterocycles. The summed E-state index contributed by atoms with van der Waals surface area (Å²) in [6.45, 7) is 1.73. The first-order valence-corrected chi connectivity index (χ1v) is 9.58. The fourth-order valence-electron chi connectivity index (χ4n) is 3.99. The Labute approximate surface area is 158 Å². The highest BCUT2D eigenvalue weighted by molar-refractivity contribution is 5.78. The predicted molar refractivity (Wildman–Crippen MR) is 98.4 cm³/mol. The molecule has 3 heterocycles. The molecule has 3 aliphatic rings. The van der Waals surface area contributed by atoms with Gasteiger partial charge in [0.2, 0.25) is 5.91 Å². The first-order valence-electron chi connectivity index (χ1n) is 9.58. The Hall–Kier alpha value is -2.47. The molecule has 1 aromatic heterocycles. The number of hydrogen-bond acceptors (Lipinski definition) is 5. The maximum Gasteiger partial charge on any atom is 0.223 e. The summed E-state index contributed by atoms with van der Waals surface area (Å²) in [5.74, 6) is 2.49. The number of carbonyl (C=O) groups is 1. The Morgan fingerprint density at radius 1 is 1.37 bits per heavy atom. The van der Waals surface area contributed by atoms with Crippen LogP contribution in [0.25, 0.3) is 0 Å². The van der Waals surface area contributed by atoms with Gasteiger partial charge in [0.1, 0.15) is 17.2 Å². The number of amides is 1. The molecular formula is C21H23N3O3. The summed E-state index contributed by atoms with van der Waals surface area (Å²) in [5, 5.41) is 0. The highest BCUT2D eigenvalue weighted by atomic mass is 16.5. The van der Waals surface area contributed by atoms with Crippen molar-refractivity contribution in [1.82, 2.24) is 14.9 Å². The van der Waals surface area contributed by atoms with Crippen LogP contribution in [0.5, 0.6) is 5.75 Å². The van der Waals surface area contributed by atoms with E-state index in [2.05, 4.69) is 4.98 Å². The van der Waals surface area contributed by atoms with Crippen LogP contribution in [0.15, 0.2) is 30.5 Å². The number of fused-ring (bicyclic) bond motifs is 2. The third-order valence-electron chi connectivity index (χ3n) is 5.81. The van der Waals surface area contributed by atoms with E-state index in [0.29, 0.717) is 38.5 Å². The smallest absolute Gasteiger partial charge is 0.223 e. The van der Waals surface area contributed by atoms with Gasteiger partial charge in [-0.25, -0.2) is 9.97 Å². The predicted octanol–water partition coefficient (Wildman–Crippen LogP) is 2.56. The minimum Gasteiger partial charge on any atom is -0.497 e. The number of ether oxygens (including phenoxy) is 2. The van der Waals surface area contributed by atoms with Crippen molar-refractivity contribution < 1.29 is 14.3 Å². The molecule has 0 atom stereocenters. The number of carbonyl (C=O) groups excluding carboxylic acids is 1. The molecule has 140 valence electrons. The SMILES string of the molecule is COc1cccc(CCC(=O)N2CC3(C2)OCc2nc(C4CC4)ncc23)c1. The highest BCUT2D eigenvalue weighted by Gasteiger charge is 2.52.